The van der Waals surface area contributed by atoms with Crippen LogP contribution in [0.2, 0.25) is 0 Å². The molecule has 2 aliphatic rings. The number of aromatic amines is 1. The second kappa shape index (κ2) is 7.70. The first kappa shape index (κ1) is 18.5. The Bertz CT molecular complexity index is 1120. The Labute approximate surface area is 173 Å². The number of nitrogens with one attached hydrogen (secondary N) is 2. The lowest BCUT2D eigenvalue weighted by molar-refractivity contribution is -0.117. The molecule has 1 saturated heterocycles. The van der Waals surface area contributed by atoms with E-state index in [1.54, 1.807) is 4.90 Å². The van der Waals surface area contributed by atoms with Crippen LogP contribution in [0.5, 0.6) is 5.75 Å². The van der Waals surface area contributed by atoms with E-state index < -0.39 is 6.09 Å². The number of alkyl carbamates (subject to hydrolysis) is 1. The van der Waals surface area contributed by atoms with E-state index in [0.717, 1.165) is 45.6 Å². The topological polar surface area (TPSA) is 96.5 Å². The highest BCUT2D eigenvalue weighted by molar-refractivity contribution is 5.97. The van der Waals surface area contributed by atoms with E-state index >= 15 is 0 Å². The van der Waals surface area contributed by atoms with Gasteiger partial charge in [0.05, 0.1) is 17.8 Å². The Morgan fingerprint density at radius 1 is 1.03 bits per heavy atom. The Hall–Kier alpha value is -3.55. The van der Waals surface area contributed by atoms with Crippen molar-refractivity contribution in [3.8, 4) is 17.0 Å². The molecule has 0 spiro atoms. The van der Waals surface area contributed by atoms with Crippen LogP contribution in [0.4, 0.5) is 10.5 Å². The Balaban J connectivity index is 1.61. The highest BCUT2D eigenvalue weighted by atomic mass is 16.5. The molecule has 2 aliphatic heterocycles. The third-order valence-electron chi connectivity index (χ3n) is 5.47. The molecule has 1 aromatic heterocycles. The van der Waals surface area contributed by atoms with Gasteiger partial charge in [-0.25, -0.2) is 4.79 Å². The van der Waals surface area contributed by atoms with E-state index in [-0.39, 0.29) is 12.5 Å². The lowest BCUT2D eigenvalue weighted by atomic mass is 10.0. The number of anilines is 1. The SMILES string of the molecule is O=C1NCCCOc2ccc3[nH]nc(c3c2)-c2ccc(N3CCCC3=O)c(c2)CO1. The monoisotopic (exact) mass is 406 g/mol. The van der Waals surface area contributed by atoms with Gasteiger partial charge >= 0.3 is 6.09 Å². The molecule has 3 heterocycles. The molecule has 2 amide bonds. The van der Waals surface area contributed by atoms with Crippen LogP contribution in [0.1, 0.15) is 24.8 Å². The summed E-state index contributed by atoms with van der Waals surface area (Å²) in [7, 11) is 0. The van der Waals surface area contributed by atoms with Crippen LogP contribution >= 0.6 is 0 Å². The van der Waals surface area contributed by atoms with Crippen molar-refractivity contribution >= 4 is 28.6 Å². The summed E-state index contributed by atoms with van der Waals surface area (Å²) in [5, 5.41) is 11.2. The molecule has 30 heavy (non-hydrogen) atoms. The normalized spacial score (nSPS) is 17.3. The van der Waals surface area contributed by atoms with Crippen LogP contribution in [0.25, 0.3) is 22.2 Å². The fourth-order valence-electron chi connectivity index (χ4n) is 3.96. The number of H-pyrrole nitrogens is 1. The Kier molecular flexibility index (Phi) is 4.74. The van der Waals surface area contributed by atoms with Crippen LogP contribution in [-0.4, -0.2) is 41.9 Å². The van der Waals surface area contributed by atoms with Gasteiger partial charge in [-0.3, -0.25) is 9.89 Å². The molecule has 4 bridgehead atoms. The van der Waals surface area contributed by atoms with Gasteiger partial charge in [0.2, 0.25) is 5.91 Å². The number of hydrogen-bond acceptors (Lipinski definition) is 5. The van der Waals surface area contributed by atoms with Gasteiger partial charge in [0, 0.05) is 36.0 Å². The number of fused-ring (bicyclic) bond motifs is 4. The second-order valence-corrected chi connectivity index (χ2v) is 7.48. The molecule has 0 saturated carbocycles. The van der Waals surface area contributed by atoms with E-state index in [1.165, 1.54) is 0 Å². The number of aromatic nitrogens is 2. The fraction of sp³-hybridized carbons (Fsp3) is 0.318. The lowest BCUT2D eigenvalue weighted by Gasteiger charge is -2.20. The Morgan fingerprint density at radius 2 is 1.97 bits per heavy atom. The third-order valence-corrected chi connectivity index (χ3v) is 5.47. The molecule has 0 radical (unpaired) electrons. The van der Waals surface area contributed by atoms with Crippen molar-refractivity contribution < 1.29 is 19.1 Å². The summed E-state index contributed by atoms with van der Waals surface area (Å²) in [6.45, 7) is 1.68. The van der Waals surface area contributed by atoms with E-state index in [0.29, 0.717) is 32.5 Å². The van der Waals surface area contributed by atoms with Crippen LogP contribution in [-0.2, 0) is 16.1 Å². The maximum absolute atomic E-state index is 12.3. The Morgan fingerprint density at radius 3 is 2.83 bits per heavy atom. The molecule has 3 aromatic rings. The first-order chi connectivity index (χ1) is 14.7. The number of carbonyl (C=O) groups excluding carboxylic acids is 2. The molecule has 2 aromatic carbocycles. The minimum Gasteiger partial charge on any atom is -0.494 e. The molecule has 0 atom stereocenters. The quantitative estimate of drug-likeness (QED) is 0.646. The minimum atomic E-state index is -0.489. The largest absolute Gasteiger partial charge is 0.494 e. The third kappa shape index (κ3) is 3.45. The van der Waals surface area contributed by atoms with Crippen molar-refractivity contribution in [1.82, 2.24) is 15.5 Å². The number of amides is 2. The summed E-state index contributed by atoms with van der Waals surface area (Å²) in [6, 6.07) is 11.6. The molecule has 154 valence electrons. The minimum absolute atomic E-state index is 0.0723. The highest BCUT2D eigenvalue weighted by Crippen LogP contribution is 2.34. The number of rotatable bonds is 1. The molecule has 0 aliphatic carbocycles. The average molecular weight is 406 g/mol. The van der Waals surface area contributed by atoms with Crippen molar-refractivity contribution in [2.45, 2.75) is 25.9 Å². The zero-order valence-electron chi connectivity index (χ0n) is 16.4. The molecule has 8 heteroatoms. The summed E-state index contributed by atoms with van der Waals surface area (Å²) in [4.78, 5) is 26.2. The number of carbonyl (C=O) groups is 2. The molecule has 5 rings (SSSR count). The number of benzene rings is 2. The maximum Gasteiger partial charge on any atom is 0.407 e. The van der Waals surface area contributed by atoms with E-state index in [2.05, 4.69) is 15.5 Å². The predicted octanol–water partition coefficient (Wildman–Crippen LogP) is 3.37. The van der Waals surface area contributed by atoms with Crippen LogP contribution in [0.3, 0.4) is 0 Å². The van der Waals surface area contributed by atoms with Crippen molar-refractivity contribution in [3.05, 3.63) is 42.0 Å². The smallest absolute Gasteiger partial charge is 0.407 e. The van der Waals surface area contributed by atoms with Crippen molar-refractivity contribution in [2.24, 2.45) is 0 Å². The van der Waals surface area contributed by atoms with Crippen LogP contribution in [0, 0.1) is 0 Å². The first-order valence-corrected chi connectivity index (χ1v) is 10.1. The molecule has 2 N–H and O–H groups in total. The number of ether oxygens (including phenoxy) is 2. The summed E-state index contributed by atoms with van der Waals surface area (Å²) in [5.74, 6) is 0.841. The molecule has 0 unspecified atom stereocenters. The highest BCUT2D eigenvalue weighted by Gasteiger charge is 2.25. The van der Waals surface area contributed by atoms with Crippen LogP contribution in [0.15, 0.2) is 36.4 Å². The zero-order valence-corrected chi connectivity index (χ0v) is 16.4. The second-order valence-electron chi connectivity index (χ2n) is 7.48. The number of cyclic esters (lactones) is 1. The van der Waals surface area contributed by atoms with Crippen molar-refractivity contribution in [3.63, 3.8) is 0 Å². The lowest BCUT2D eigenvalue weighted by Crippen LogP contribution is -2.27. The molecule has 1 fully saturated rings. The number of nitrogens with zero attached hydrogens (tertiary/aromatic N) is 2. The van der Waals surface area contributed by atoms with Gasteiger partial charge in [0.15, 0.2) is 0 Å². The summed E-state index contributed by atoms with van der Waals surface area (Å²) >= 11 is 0. The van der Waals surface area contributed by atoms with E-state index in [4.69, 9.17) is 9.47 Å². The zero-order chi connectivity index (χ0) is 20.5. The van der Waals surface area contributed by atoms with E-state index in [9.17, 15) is 9.59 Å². The van der Waals surface area contributed by atoms with Crippen molar-refractivity contribution in [1.29, 1.82) is 0 Å². The summed E-state index contributed by atoms with van der Waals surface area (Å²) in [6.07, 6.45) is 1.53. The van der Waals surface area contributed by atoms with Crippen molar-refractivity contribution in [2.75, 3.05) is 24.6 Å². The van der Waals surface area contributed by atoms with Gasteiger partial charge in [-0.1, -0.05) is 6.07 Å². The van der Waals surface area contributed by atoms with Crippen LogP contribution < -0.4 is 15.0 Å². The summed E-state index contributed by atoms with van der Waals surface area (Å²) < 4.78 is 11.3. The fourth-order valence-corrected chi connectivity index (χ4v) is 3.96. The maximum atomic E-state index is 12.3. The van der Waals surface area contributed by atoms with Gasteiger partial charge < -0.3 is 19.7 Å². The number of hydrogen-bond donors (Lipinski definition) is 2. The standard InChI is InChI=1S/C22H22N4O4/c27-20-3-1-9-26(20)19-7-4-14-11-15(19)13-30-22(28)23-8-2-10-29-16-5-6-18-17(12-16)21(14)25-24-18/h4-7,11-12H,1-3,8-10,13H2,(H,23,28)(H,24,25). The van der Waals surface area contributed by atoms with Gasteiger partial charge in [-0.15, -0.1) is 0 Å². The van der Waals surface area contributed by atoms with Gasteiger partial charge in [0.1, 0.15) is 18.1 Å². The molecular formula is C22H22N4O4. The average Bonchev–Trinajstić information content (AvgIpc) is 3.37. The molecular weight excluding hydrogens is 384 g/mol. The van der Waals surface area contributed by atoms with Gasteiger partial charge in [-0.2, -0.15) is 5.10 Å². The molecule has 8 nitrogen and oxygen atoms in total. The first-order valence-electron chi connectivity index (χ1n) is 10.1. The predicted molar refractivity (Wildman–Crippen MR) is 111 cm³/mol. The van der Waals surface area contributed by atoms with Gasteiger partial charge in [-0.05, 0) is 43.2 Å². The summed E-state index contributed by atoms with van der Waals surface area (Å²) in [5.41, 5.74) is 4.13. The van der Waals surface area contributed by atoms with E-state index in [1.807, 2.05) is 36.4 Å². The van der Waals surface area contributed by atoms with Gasteiger partial charge in [0.25, 0.3) is 0 Å².